The molecular weight excluding hydrogens is 272 g/mol. The lowest BCUT2D eigenvalue weighted by atomic mass is 9.85. The molecule has 0 radical (unpaired) electrons. The van der Waals surface area contributed by atoms with Crippen LogP contribution in [0, 0.1) is 17.8 Å². The first kappa shape index (κ1) is 15.7. The maximum absolute atomic E-state index is 12.5. The van der Waals surface area contributed by atoms with Crippen molar-refractivity contribution in [1.29, 1.82) is 0 Å². The molecule has 6 nitrogen and oxygen atoms in total. The van der Waals surface area contributed by atoms with E-state index in [0.717, 1.165) is 4.90 Å². The number of amides is 3. The first-order chi connectivity index (χ1) is 9.97. The van der Waals surface area contributed by atoms with Crippen LogP contribution in [0.2, 0.25) is 0 Å². The molecule has 1 saturated heterocycles. The Balaban J connectivity index is 2.25. The molecule has 2 rings (SSSR count). The second kappa shape index (κ2) is 6.39. The summed E-state index contributed by atoms with van der Waals surface area (Å²) >= 11 is 0. The molecular formula is C15H22N2O4. The molecule has 1 fully saturated rings. The molecule has 1 heterocycles. The molecule has 0 aromatic carbocycles. The van der Waals surface area contributed by atoms with Crippen LogP contribution in [0.25, 0.3) is 0 Å². The van der Waals surface area contributed by atoms with Crippen LogP contribution in [0.3, 0.4) is 0 Å². The quantitative estimate of drug-likeness (QED) is 0.467. The van der Waals surface area contributed by atoms with Gasteiger partial charge < -0.3 is 0 Å². The molecule has 3 amide bonds. The summed E-state index contributed by atoms with van der Waals surface area (Å²) in [5.74, 6) is -1.35. The number of nitrogens with one attached hydrogen (secondary N) is 1. The van der Waals surface area contributed by atoms with E-state index in [0.29, 0.717) is 19.3 Å². The molecule has 0 aromatic rings. The number of likely N-dealkylation sites (tertiary alicyclic amines) is 1. The maximum Gasteiger partial charge on any atom is 0.266 e. The molecule has 0 unspecified atom stereocenters. The van der Waals surface area contributed by atoms with Gasteiger partial charge in [-0.3, -0.25) is 24.1 Å². The summed E-state index contributed by atoms with van der Waals surface area (Å²) in [6.07, 6.45) is 5.45. The summed E-state index contributed by atoms with van der Waals surface area (Å²) in [4.78, 5) is 43.0. The SMILES string of the molecule is CONC(=O)[C@H](CC(C)C)N1C(=O)[C@H]2CC=CC[C@H]2C1=O. The number of carbonyl (C=O) groups excluding carboxylic acids is 3. The minimum absolute atomic E-state index is 0.180. The number of fused-ring (bicyclic) bond motifs is 1. The van der Waals surface area contributed by atoms with Crippen LogP contribution in [-0.2, 0) is 19.2 Å². The number of rotatable bonds is 5. The van der Waals surface area contributed by atoms with Gasteiger partial charge in [-0.25, -0.2) is 5.48 Å². The predicted octanol–water partition coefficient (Wildman–Crippen LogP) is 1.03. The second-order valence-corrected chi connectivity index (χ2v) is 6.02. The number of nitrogens with zero attached hydrogens (tertiary/aromatic N) is 1. The minimum atomic E-state index is -0.796. The fourth-order valence-corrected chi connectivity index (χ4v) is 3.08. The Morgan fingerprint density at radius 1 is 1.29 bits per heavy atom. The lowest BCUT2D eigenvalue weighted by Gasteiger charge is -2.26. The van der Waals surface area contributed by atoms with Crippen molar-refractivity contribution >= 4 is 17.7 Å². The molecule has 3 atom stereocenters. The number of hydroxylamine groups is 1. The fourth-order valence-electron chi connectivity index (χ4n) is 3.08. The Bertz CT molecular complexity index is 446. The number of carbonyl (C=O) groups is 3. The summed E-state index contributed by atoms with van der Waals surface area (Å²) in [6.45, 7) is 3.90. The van der Waals surface area contributed by atoms with Crippen molar-refractivity contribution in [3.63, 3.8) is 0 Å². The van der Waals surface area contributed by atoms with E-state index in [4.69, 9.17) is 0 Å². The van der Waals surface area contributed by atoms with Gasteiger partial charge in [0.15, 0.2) is 0 Å². The first-order valence-corrected chi connectivity index (χ1v) is 7.32. The van der Waals surface area contributed by atoms with Crippen molar-refractivity contribution in [2.24, 2.45) is 17.8 Å². The van der Waals surface area contributed by atoms with Crippen molar-refractivity contribution in [3.05, 3.63) is 12.2 Å². The van der Waals surface area contributed by atoms with E-state index in [1.54, 1.807) is 0 Å². The Morgan fingerprint density at radius 2 is 1.81 bits per heavy atom. The highest BCUT2D eigenvalue weighted by Crippen LogP contribution is 2.36. The van der Waals surface area contributed by atoms with Gasteiger partial charge in [-0.2, -0.15) is 0 Å². The Hall–Kier alpha value is -1.69. The predicted molar refractivity (Wildman–Crippen MR) is 75.6 cm³/mol. The zero-order chi connectivity index (χ0) is 15.6. The lowest BCUT2D eigenvalue weighted by molar-refractivity contribution is -0.152. The van der Waals surface area contributed by atoms with E-state index >= 15 is 0 Å². The summed E-state index contributed by atoms with van der Waals surface area (Å²) in [6, 6.07) is -0.796. The monoisotopic (exact) mass is 294 g/mol. The highest BCUT2D eigenvalue weighted by atomic mass is 16.6. The van der Waals surface area contributed by atoms with E-state index in [1.165, 1.54) is 7.11 Å². The van der Waals surface area contributed by atoms with Crippen LogP contribution >= 0.6 is 0 Å². The Kier molecular flexibility index (Phi) is 4.77. The average molecular weight is 294 g/mol. The number of hydrogen-bond acceptors (Lipinski definition) is 4. The van der Waals surface area contributed by atoms with E-state index in [1.807, 2.05) is 26.0 Å². The molecule has 6 heteroatoms. The van der Waals surface area contributed by atoms with E-state index in [9.17, 15) is 14.4 Å². The van der Waals surface area contributed by atoms with Crippen LogP contribution in [0.15, 0.2) is 12.2 Å². The van der Waals surface area contributed by atoms with Gasteiger partial charge in [0, 0.05) is 0 Å². The van der Waals surface area contributed by atoms with Crippen LogP contribution < -0.4 is 5.48 Å². The number of hydrogen-bond donors (Lipinski definition) is 1. The van der Waals surface area contributed by atoms with Gasteiger partial charge in [-0.15, -0.1) is 0 Å². The maximum atomic E-state index is 12.5. The van der Waals surface area contributed by atoms with E-state index in [-0.39, 0.29) is 29.6 Å². The first-order valence-electron chi connectivity index (χ1n) is 7.32. The summed E-state index contributed by atoms with van der Waals surface area (Å²) in [5, 5.41) is 0. The summed E-state index contributed by atoms with van der Waals surface area (Å²) in [7, 11) is 1.33. The molecule has 1 N–H and O–H groups in total. The van der Waals surface area contributed by atoms with Gasteiger partial charge in [0.25, 0.3) is 5.91 Å². The largest absolute Gasteiger partial charge is 0.277 e. The fraction of sp³-hybridized carbons (Fsp3) is 0.667. The van der Waals surface area contributed by atoms with Crippen molar-refractivity contribution < 1.29 is 19.2 Å². The molecule has 2 aliphatic rings. The third-order valence-corrected chi connectivity index (χ3v) is 4.05. The highest BCUT2D eigenvalue weighted by molar-refractivity contribution is 6.08. The highest BCUT2D eigenvalue weighted by Gasteiger charge is 2.51. The van der Waals surface area contributed by atoms with Gasteiger partial charge >= 0.3 is 0 Å². The van der Waals surface area contributed by atoms with Gasteiger partial charge in [0.05, 0.1) is 18.9 Å². The molecule has 0 spiro atoms. The third kappa shape index (κ3) is 3.00. The molecule has 116 valence electrons. The van der Waals surface area contributed by atoms with Crippen LogP contribution in [-0.4, -0.2) is 35.8 Å². The van der Waals surface area contributed by atoms with Crippen molar-refractivity contribution in [2.75, 3.05) is 7.11 Å². The summed E-state index contributed by atoms with van der Waals surface area (Å²) < 4.78 is 0. The molecule has 0 bridgehead atoms. The van der Waals surface area contributed by atoms with Gasteiger partial charge in [0.2, 0.25) is 11.8 Å². The van der Waals surface area contributed by atoms with Crippen molar-refractivity contribution in [3.8, 4) is 0 Å². The van der Waals surface area contributed by atoms with Crippen molar-refractivity contribution in [1.82, 2.24) is 10.4 Å². The van der Waals surface area contributed by atoms with E-state index in [2.05, 4.69) is 10.3 Å². The lowest BCUT2D eigenvalue weighted by Crippen LogP contribution is -2.50. The van der Waals surface area contributed by atoms with Gasteiger partial charge in [-0.1, -0.05) is 26.0 Å². The number of imide groups is 1. The van der Waals surface area contributed by atoms with Gasteiger partial charge in [0.1, 0.15) is 6.04 Å². The molecule has 1 aliphatic heterocycles. The zero-order valence-corrected chi connectivity index (χ0v) is 12.7. The zero-order valence-electron chi connectivity index (χ0n) is 12.7. The molecule has 21 heavy (non-hydrogen) atoms. The topological polar surface area (TPSA) is 75.7 Å². The third-order valence-electron chi connectivity index (χ3n) is 4.05. The van der Waals surface area contributed by atoms with Crippen molar-refractivity contribution in [2.45, 2.75) is 39.2 Å². The molecule has 0 aromatic heterocycles. The van der Waals surface area contributed by atoms with Gasteiger partial charge in [-0.05, 0) is 25.2 Å². The standard InChI is InChI=1S/C15H22N2O4/c1-9(2)8-12(13(18)16-21-3)17-14(19)10-6-4-5-7-11(10)15(17)20/h4-5,9-12H,6-8H2,1-3H3,(H,16,18)/t10-,11+,12-/m0/s1. The molecule has 0 saturated carbocycles. The van der Waals surface area contributed by atoms with Crippen LogP contribution in [0.1, 0.15) is 33.1 Å². The summed E-state index contributed by atoms with van der Waals surface area (Å²) in [5.41, 5.74) is 2.25. The molecule has 1 aliphatic carbocycles. The Morgan fingerprint density at radius 3 is 2.24 bits per heavy atom. The van der Waals surface area contributed by atoms with E-state index < -0.39 is 11.9 Å². The number of allylic oxidation sites excluding steroid dienone is 2. The minimum Gasteiger partial charge on any atom is -0.277 e. The normalized spacial score (nSPS) is 26.2. The smallest absolute Gasteiger partial charge is 0.266 e. The van der Waals surface area contributed by atoms with Crippen LogP contribution in [0.5, 0.6) is 0 Å². The Labute approximate surface area is 124 Å². The second-order valence-electron chi connectivity index (χ2n) is 6.02. The average Bonchev–Trinajstić information content (AvgIpc) is 2.69. The van der Waals surface area contributed by atoms with Crippen LogP contribution in [0.4, 0.5) is 0 Å².